The first-order valence-corrected chi connectivity index (χ1v) is 16.9. The van der Waals surface area contributed by atoms with Gasteiger partial charge in [0, 0.05) is 24.5 Å². The molecule has 7 nitrogen and oxygen atoms in total. The monoisotopic (exact) mass is 645 g/mol. The van der Waals surface area contributed by atoms with Crippen molar-refractivity contribution >= 4 is 39.1 Å². The third-order valence-electron chi connectivity index (χ3n) is 7.58. The summed E-state index contributed by atoms with van der Waals surface area (Å²) in [5, 5.41) is 3.44. The summed E-state index contributed by atoms with van der Waals surface area (Å²) in [4.78, 5) is 29.8. The summed E-state index contributed by atoms with van der Waals surface area (Å²) in [5.41, 5.74) is 3.97. The Kier molecular flexibility index (Phi) is 11.8. The highest BCUT2D eigenvalue weighted by Gasteiger charge is 2.34. The summed E-state index contributed by atoms with van der Waals surface area (Å²) in [7, 11) is -4.17. The third kappa shape index (κ3) is 9.19. The van der Waals surface area contributed by atoms with Gasteiger partial charge in [-0.25, -0.2) is 8.42 Å². The first-order chi connectivity index (χ1) is 21.6. The van der Waals surface area contributed by atoms with Gasteiger partial charge in [0.1, 0.15) is 12.6 Å². The van der Waals surface area contributed by atoms with E-state index in [9.17, 15) is 18.0 Å². The van der Waals surface area contributed by atoms with E-state index in [1.807, 2.05) is 75.4 Å². The summed E-state index contributed by atoms with van der Waals surface area (Å²) in [6.45, 7) is 5.98. The largest absolute Gasteiger partial charge is 0.354 e. The summed E-state index contributed by atoms with van der Waals surface area (Å²) in [6.07, 6.45) is 1.97. The Balaban J connectivity index is 1.78. The fraction of sp³-hybridized carbons (Fsp3) is 0.278. The van der Waals surface area contributed by atoms with Crippen LogP contribution >= 0.6 is 11.6 Å². The van der Waals surface area contributed by atoms with Crippen molar-refractivity contribution in [2.24, 2.45) is 0 Å². The number of rotatable bonds is 14. The molecule has 0 aliphatic carbocycles. The van der Waals surface area contributed by atoms with Crippen LogP contribution in [0.15, 0.2) is 108 Å². The zero-order chi connectivity index (χ0) is 32.4. The molecule has 0 saturated carbocycles. The van der Waals surface area contributed by atoms with Crippen molar-refractivity contribution in [3.63, 3.8) is 0 Å². The molecule has 45 heavy (non-hydrogen) atoms. The van der Waals surface area contributed by atoms with Crippen LogP contribution < -0.4 is 9.62 Å². The van der Waals surface area contributed by atoms with E-state index in [0.717, 1.165) is 39.4 Å². The number of carbonyl (C=O) groups excluding carboxylic acids is 2. The van der Waals surface area contributed by atoms with Crippen molar-refractivity contribution in [1.82, 2.24) is 10.2 Å². The topological polar surface area (TPSA) is 86.8 Å². The Bertz CT molecular complexity index is 1660. The van der Waals surface area contributed by atoms with Crippen LogP contribution in [0.5, 0.6) is 0 Å². The average molecular weight is 646 g/mol. The second-order valence-electron chi connectivity index (χ2n) is 11.2. The lowest BCUT2D eigenvalue weighted by atomic mass is 10.0. The molecule has 1 atom stereocenters. The maximum atomic E-state index is 14.5. The van der Waals surface area contributed by atoms with Crippen LogP contribution in [0.1, 0.15) is 42.0 Å². The van der Waals surface area contributed by atoms with E-state index < -0.39 is 28.5 Å². The fourth-order valence-electron chi connectivity index (χ4n) is 4.92. The molecular weight excluding hydrogens is 606 g/mol. The molecule has 0 aliphatic rings. The van der Waals surface area contributed by atoms with Gasteiger partial charge in [-0.3, -0.25) is 13.9 Å². The van der Waals surface area contributed by atoms with Gasteiger partial charge in [-0.2, -0.15) is 0 Å². The molecule has 236 valence electrons. The first-order valence-electron chi connectivity index (χ1n) is 15.1. The van der Waals surface area contributed by atoms with Crippen LogP contribution in [-0.4, -0.2) is 44.3 Å². The van der Waals surface area contributed by atoms with E-state index in [4.69, 9.17) is 11.6 Å². The van der Waals surface area contributed by atoms with Gasteiger partial charge >= 0.3 is 0 Å². The molecule has 0 bridgehead atoms. The molecule has 4 aromatic carbocycles. The summed E-state index contributed by atoms with van der Waals surface area (Å²) in [6, 6.07) is 29.2. The van der Waals surface area contributed by atoms with Crippen LogP contribution in [-0.2, 0) is 32.6 Å². The molecule has 4 rings (SSSR count). The predicted molar refractivity (Wildman–Crippen MR) is 181 cm³/mol. The number of hydrogen-bond acceptors (Lipinski definition) is 4. The Morgan fingerprint density at radius 1 is 0.800 bits per heavy atom. The number of benzene rings is 4. The summed E-state index contributed by atoms with van der Waals surface area (Å²) in [5.74, 6) is -0.792. The van der Waals surface area contributed by atoms with Gasteiger partial charge in [0.15, 0.2) is 0 Å². The third-order valence-corrected chi connectivity index (χ3v) is 9.62. The van der Waals surface area contributed by atoms with Gasteiger partial charge in [0.25, 0.3) is 10.0 Å². The molecule has 0 fully saturated rings. The van der Waals surface area contributed by atoms with Crippen molar-refractivity contribution in [3.05, 3.63) is 130 Å². The molecule has 0 aliphatic heterocycles. The van der Waals surface area contributed by atoms with Crippen LogP contribution in [0.2, 0.25) is 5.02 Å². The number of carbonyl (C=O) groups is 2. The van der Waals surface area contributed by atoms with Crippen molar-refractivity contribution in [1.29, 1.82) is 0 Å². The average Bonchev–Trinajstić information content (AvgIpc) is 3.03. The van der Waals surface area contributed by atoms with Gasteiger partial charge < -0.3 is 10.2 Å². The SMILES string of the molecule is CCCCNC(=O)[C@H](Cc1ccccc1)N(Cc1ccc(C)cc1)C(=O)CN(c1ccc(Cl)cc1)S(=O)(=O)c1ccc(C)cc1. The zero-order valence-electron chi connectivity index (χ0n) is 25.9. The van der Waals surface area contributed by atoms with Crippen LogP contribution in [0.25, 0.3) is 0 Å². The number of unbranched alkanes of at least 4 members (excludes halogenated alkanes) is 1. The predicted octanol–water partition coefficient (Wildman–Crippen LogP) is 6.71. The lowest BCUT2D eigenvalue weighted by Crippen LogP contribution is -2.53. The molecular formula is C36H40ClN3O4S. The van der Waals surface area contributed by atoms with Crippen LogP contribution in [0, 0.1) is 13.8 Å². The second-order valence-corrected chi connectivity index (χ2v) is 13.5. The molecule has 4 aromatic rings. The Morgan fingerprint density at radius 2 is 1.40 bits per heavy atom. The Labute approximate surface area is 271 Å². The highest BCUT2D eigenvalue weighted by atomic mass is 35.5. The Hall–Kier alpha value is -4.14. The maximum Gasteiger partial charge on any atom is 0.264 e. The summed E-state index contributed by atoms with van der Waals surface area (Å²) >= 11 is 6.14. The second kappa shape index (κ2) is 15.7. The quantitative estimate of drug-likeness (QED) is 0.155. The van der Waals surface area contributed by atoms with Gasteiger partial charge in [0.05, 0.1) is 10.6 Å². The van der Waals surface area contributed by atoms with E-state index in [-0.39, 0.29) is 29.5 Å². The number of hydrogen-bond donors (Lipinski definition) is 1. The maximum absolute atomic E-state index is 14.5. The number of nitrogens with one attached hydrogen (secondary N) is 1. The Morgan fingerprint density at radius 3 is 2.00 bits per heavy atom. The normalized spacial score (nSPS) is 11.9. The lowest BCUT2D eigenvalue weighted by Gasteiger charge is -2.34. The zero-order valence-corrected chi connectivity index (χ0v) is 27.5. The molecule has 0 saturated heterocycles. The van der Waals surface area contributed by atoms with Crippen LogP contribution in [0.4, 0.5) is 5.69 Å². The minimum absolute atomic E-state index is 0.0547. The van der Waals surface area contributed by atoms with Crippen molar-refractivity contribution < 1.29 is 18.0 Å². The molecule has 0 aromatic heterocycles. The van der Waals surface area contributed by atoms with E-state index in [1.54, 1.807) is 36.4 Å². The first kappa shape index (κ1) is 33.7. The van der Waals surface area contributed by atoms with Gasteiger partial charge in [-0.15, -0.1) is 0 Å². The fourth-order valence-corrected chi connectivity index (χ4v) is 6.46. The highest BCUT2D eigenvalue weighted by Crippen LogP contribution is 2.26. The van der Waals surface area contributed by atoms with Crippen molar-refractivity contribution in [3.8, 4) is 0 Å². The molecule has 0 unspecified atom stereocenters. The standard InChI is InChI=1S/C36H40ClN3O4S/c1-4-5-23-38-36(42)34(24-29-9-7-6-8-10-29)39(25-30-15-11-27(2)12-16-30)35(41)26-40(32-19-17-31(37)18-20-32)45(43,44)33-21-13-28(3)14-22-33/h6-22,34H,4-5,23-26H2,1-3H3,(H,38,42)/t34-/m0/s1. The van der Waals surface area contributed by atoms with E-state index in [0.29, 0.717) is 11.6 Å². The van der Waals surface area contributed by atoms with E-state index in [2.05, 4.69) is 5.32 Å². The molecule has 1 N–H and O–H groups in total. The number of amides is 2. The van der Waals surface area contributed by atoms with Crippen molar-refractivity contribution in [2.45, 2.75) is 57.5 Å². The molecule has 0 radical (unpaired) electrons. The number of aryl methyl sites for hydroxylation is 2. The van der Waals surface area contributed by atoms with Crippen molar-refractivity contribution in [2.75, 3.05) is 17.4 Å². The number of anilines is 1. The number of nitrogens with zero attached hydrogens (tertiary/aromatic N) is 2. The lowest BCUT2D eigenvalue weighted by molar-refractivity contribution is -0.140. The smallest absolute Gasteiger partial charge is 0.264 e. The minimum atomic E-state index is -4.17. The molecule has 9 heteroatoms. The molecule has 2 amide bonds. The van der Waals surface area contributed by atoms with Gasteiger partial charge in [-0.1, -0.05) is 103 Å². The number of sulfonamides is 1. The van der Waals surface area contributed by atoms with Crippen LogP contribution in [0.3, 0.4) is 0 Å². The molecule has 0 spiro atoms. The highest BCUT2D eigenvalue weighted by molar-refractivity contribution is 7.92. The number of halogens is 1. The molecule has 0 heterocycles. The van der Waals surface area contributed by atoms with Gasteiger partial charge in [0.2, 0.25) is 11.8 Å². The van der Waals surface area contributed by atoms with E-state index in [1.165, 1.54) is 17.0 Å². The van der Waals surface area contributed by atoms with Gasteiger partial charge in [-0.05, 0) is 67.8 Å². The van der Waals surface area contributed by atoms with E-state index >= 15 is 0 Å². The minimum Gasteiger partial charge on any atom is -0.354 e. The summed E-state index contributed by atoms with van der Waals surface area (Å²) < 4.78 is 29.3.